The Balaban J connectivity index is 1.28. The smallest absolute Gasteiger partial charge is 0.279 e. The first kappa shape index (κ1) is 28.1. The molecule has 4 aromatic carbocycles. The average Bonchev–Trinajstić information content (AvgIpc) is 3.39. The Bertz CT molecular complexity index is 2030. The van der Waals surface area contributed by atoms with Gasteiger partial charge < -0.3 is 9.64 Å². The lowest BCUT2D eigenvalue weighted by Gasteiger charge is -2.32. The number of hydrogen-bond acceptors (Lipinski definition) is 4. The fourth-order valence-electron chi connectivity index (χ4n) is 6.59. The van der Waals surface area contributed by atoms with Crippen LogP contribution < -0.4 is 26.2 Å². The van der Waals surface area contributed by atoms with Gasteiger partial charge in [-0.25, -0.2) is 4.98 Å². The van der Waals surface area contributed by atoms with E-state index in [9.17, 15) is 0 Å². The average molecular weight is 606 g/mol. The van der Waals surface area contributed by atoms with Crippen LogP contribution in [0.15, 0.2) is 119 Å². The van der Waals surface area contributed by atoms with Gasteiger partial charge in [0.25, 0.3) is 6.71 Å². The number of pyridine rings is 1. The van der Waals surface area contributed by atoms with Gasteiger partial charge in [0.15, 0.2) is 0 Å². The van der Waals surface area contributed by atoms with E-state index in [4.69, 9.17) is 9.72 Å². The molecule has 2 aromatic heterocycles. The number of aromatic nitrogens is 2. The molecule has 2 aliphatic heterocycles. The Kier molecular flexibility index (Phi) is 6.27. The van der Waals surface area contributed by atoms with E-state index in [-0.39, 0.29) is 17.5 Å². The number of fused-ring (bicyclic) bond motifs is 6. The number of anilines is 3. The molecule has 8 rings (SSSR count). The number of nitrogens with zero attached hydrogens (tertiary/aromatic N) is 3. The predicted octanol–water partition coefficient (Wildman–Crippen LogP) is 8.49. The van der Waals surface area contributed by atoms with E-state index < -0.39 is 0 Å². The summed E-state index contributed by atoms with van der Waals surface area (Å²) in [7, 11) is 0. The number of ether oxygens (including phenoxy) is 1. The first-order valence-electron chi connectivity index (χ1n) is 15.7. The molecule has 0 unspecified atom stereocenters. The zero-order valence-electron chi connectivity index (χ0n) is 26.6. The van der Waals surface area contributed by atoms with Gasteiger partial charge in [0.05, 0.1) is 5.59 Å². The minimum Gasteiger partial charge on any atom is -0.440 e. The number of benzene rings is 4. The summed E-state index contributed by atoms with van der Waals surface area (Å²) in [4.78, 5) is 9.95. The molecule has 45 heavy (non-hydrogen) atoms. The zero-order chi connectivity index (χ0) is 31.1. The zero-order valence-corrected chi connectivity index (χ0v) is 27.4. The highest BCUT2D eigenvalue weighted by Gasteiger charge is 2.42. The molecule has 2 aliphatic rings. The Labute approximate surface area is 270 Å². The maximum atomic E-state index is 6.52. The van der Waals surface area contributed by atoms with Crippen LogP contribution in [0, 0.1) is 0 Å². The van der Waals surface area contributed by atoms with Crippen molar-refractivity contribution in [3.8, 4) is 11.6 Å². The lowest BCUT2D eigenvalue weighted by molar-refractivity contribution is 0.462. The Morgan fingerprint density at radius 1 is 0.689 bits per heavy atom. The molecule has 0 N–H and O–H groups in total. The van der Waals surface area contributed by atoms with Crippen LogP contribution in [0.4, 0.5) is 17.1 Å². The molecule has 4 nitrogen and oxygen atoms in total. The number of hydrogen-bond donors (Lipinski definition) is 0. The van der Waals surface area contributed by atoms with Gasteiger partial charge in [-0.1, -0.05) is 101 Å². The van der Waals surface area contributed by atoms with Gasteiger partial charge in [0.2, 0.25) is 5.88 Å². The van der Waals surface area contributed by atoms with Crippen LogP contribution >= 0.6 is 11.8 Å². The summed E-state index contributed by atoms with van der Waals surface area (Å²) >= 11 is 1.82. The molecule has 6 heteroatoms. The molecule has 0 saturated heterocycles. The number of imidazole rings is 1. The van der Waals surface area contributed by atoms with Crippen molar-refractivity contribution >= 4 is 57.7 Å². The molecular weight excluding hydrogens is 569 g/mol. The maximum Gasteiger partial charge on any atom is 0.279 e. The summed E-state index contributed by atoms with van der Waals surface area (Å²) < 4.78 is 8.58. The topological polar surface area (TPSA) is 29.8 Å². The van der Waals surface area contributed by atoms with Crippen molar-refractivity contribution in [1.29, 1.82) is 0 Å². The SMILES string of the molecule is CC(C)(C)c1ccc(N(c2ccc(C(C)(C)C)cc2)c2ccc3c(c2)Sc2cccc4c2B3c2nc3ccccn3c2O4)cc1. The second-order valence-electron chi connectivity index (χ2n) is 14.2. The molecule has 0 bridgehead atoms. The second kappa shape index (κ2) is 10.0. The largest absolute Gasteiger partial charge is 0.440 e. The Hall–Kier alpha value is -4.42. The third kappa shape index (κ3) is 4.66. The maximum absolute atomic E-state index is 6.52. The first-order valence-corrected chi connectivity index (χ1v) is 16.5. The van der Waals surface area contributed by atoms with Gasteiger partial charge in [-0.3, -0.25) is 4.40 Å². The highest BCUT2D eigenvalue weighted by molar-refractivity contribution is 8.00. The minimum atomic E-state index is 0.00994. The van der Waals surface area contributed by atoms with E-state index in [2.05, 4.69) is 136 Å². The second-order valence-corrected chi connectivity index (χ2v) is 15.3. The molecule has 6 aromatic rings. The highest BCUT2D eigenvalue weighted by Crippen LogP contribution is 2.41. The molecule has 0 amide bonds. The van der Waals surface area contributed by atoms with E-state index in [1.165, 1.54) is 31.8 Å². The third-order valence-corrected chi connectivity index (χ3v) is 10.2. The third-order valence-electron chi connectivity index (χ3n) is 9.08. The summed E-state index contributed by atoms with van der Waals surface area (Å²) in [6, 6.07) is 37.5. The van der Waals surface area contributed by atoms with Gasteiger partial charge >= 0.3 is 0 Å². The van der Waals surface area contributed by atoms with Crippen LogP contribution in [0.1, 0.15) is 52.7 Å². The van der Waals surface area contributed by atoms with Gasteiger partial charge in [-0.15, -0.1) is 0 Å². The van der Waals surface area contributed by atoms with Gasteiger partial charge in [-0.2, -0.15) is 0 Å². The molecule has 0 spiro atoms. The molecular formula is C39H36BN3OS. The van der Waals surface area contributed by atoms with Crippen LogP contribution in [0.3, 0.4) is 0 Å². The number of rotatable bonds is 3. The standard InChI is InChI=1S/C39H36BN3OS/c1-38(2,3)25-13-17-27(18-14-25)43(28-19-15-26(16-20-28)39(4,5)6)29-21-22-30-33(24-29)45-32-11-9-10-31-35(32)40(30)36-37(44-31)42-23-8-7-12-34(42)41-36/h7-24H,1-6H3. The monoisotopic (exact) mass is 605 g/mol. The molecule has 222 valence electrons. The molecule has 4 heterocycles. The minimum absolute atomic E-state index is 0.00994. The molecule has 0 saturated carbocycles. The summed E-state index contributed by atoms with van der Waals surface area (Å²) in [5, 5.41) is 0. The fourth-order valence-corrected chi connectivity index (χ4v) is 7.78. The van der Waals surface area contributed by atoms with Crippen molar-refractivity contribution in [2.45, 2.75) is 62.2 Å². The van der Waals surface area contributed by atoms with Crippen LogP contribution in [0.25, 0.3) is 5.65 Å². The Morgan fingerprint density at radius 3 is 1.98 bits per heavy atom. The van der Waals surface area contributed by atoms with Crippen LogP contribution in [0.5, 0.6) is 11.6 Å². The highest BCUT2D eigenvalue weighted by atomic mass is 32.2. The lowest BCUT2D eigenvalue weighted by Crippen LogP contribution is -2.58. The van der Waals surface area contributed by atoms with E-state index >= 15 is 0 Å². The predicted molar refractivity (Wildman–Crippen MR) is 189 cm³/mol. The van der Waals surface area contributed by atoms with Crippen molar-refractivity contribution in [2.75, 3.05) is 4.90 Å². The molecule has 0 fully saturated rings. The van der Waals surface area contributed by atoms with Crippen LogP contribution in [0.2, 0.25) is 0 Å². The van der Waals surface area contributed by atoms with Crippen molar-refractivity contribution in [2.24, 2.45) is 0 Å². The molecule has 0 aliphatic carbocycles. The lowest BCUT2D eigenvalue weighted by atomic mass is 9.37. The van der Waals surface area contributed by atoms with Crippen molar-refractivity contribution in [1.82, 2.24) is 9.38 Å². The van der Waals surface area contributed by atoms with Gasteiger partial charge in [0.1, 0.15) is 11.4 Å². The van der Waals surface area contributed by atoms with E-state index in [1.807, 2.05) is 36.2 Å². The van der Waals surface area contributed by atoms with Crippen molar-refractivity contribution in [3.05, 3.63) is 120 Å². The Morgan fingerprint density at radius 2 is 1.33 bits per heavy atom. The van der Waals surface area contributed by atoms with Gasteiger partial charge in [0, 0.05) is 33.0 Å². The van der Waals surface area contributed by atoms with E-state index in [0.717, 1.165) is 39.9 Å². The summed E-state index contributed by atoms with van der Waals surface area (Å²) in [6.45, 7) is 13.6. The quantitative estimate of drug-likeness (QED) is 0.189. The van der Waals surface area contributed by atoms with E-state index in [0.29, 0.717) is 0 Å². The van der Waals surface area contributed by atoms with Crippen LogP contribution in [-0.4, -0.2) is 16.1 Å². The molecule has 0 atom stereocenters. The van der Waals surface area contributed by atoms with E-state index in [1.54, 1.807) is 0 Å². The summed E-state index contributed by atoms with van der Waals surface area (Å²) in [6.07, 6.45) is 2.03. The molecule has 0 radical (unpaired) electrons. The summed E-state index contributed by atoms with van der Waals surface area (Å²) in [5.41, 5.74) is 10.6. The summed E-state index contributed by atoms with van der Waals surface area (Å²) in [5.74, 6) is 1.72. The first-order chi connectivity index (χ1) is 21.6. The van der Waals surface area contributed by atoms with Crippen LogP contribution in [-0.2, 0) is 10.8 Å². The van der Waals surface area contributed by atoms with Crippen molar-refractivity contribution < 1.29 is 4.74 Å². The van der Waals surface area contributed by atoms with Crippen molar-refractivity contribution in [3.63, 3.8) is 0 Å². The fraction of sp³-hybridized carbons (Fsp3) is 0.205. The normalized spacial score (nSPS) is 13.6. The van der Waals surface area contributed by atoms with Gasteiger partial charge in [-0.05, 0) is 88.1 Å².